The molecular weight excluding hydrogens is 259 g/mol. The summed E-state index contributed by atoms with van der Waals surface area (Å²) >= 11 is 12.0. The quantitative estimate of drug-likeness (QED) is 0.821. The highest BCUT2D eigenvalue weighted by Gasteiger charge is 2.30. The Bertz CT molecular complexity index is 468. The van der Waals surface area contributed by atoms with Crippen molar-refractivity contribution in [3.05, 3.63) is 46.0 Å². The third kappa shape index (κ3) is 2.64. The molecule has 2 nitrogen and oxygen atoms in total. The van der Waals surface area contributed by atoms with E-state index in [1.54, 1.807) is 12.1 Å². The fraction of sp³-hybridized carbons (Fsp3) is 0.308. The van der Waals surface area contributed by atoms with Crippen LogP contribution in [0.2, 0.25) is 10.0 Å². The summed E-state index contributed by atoms with van der Waals surface area (Å²) in [7, 11) is 0. The molecule has 1 aromatic carbocycles. The van der Waals surface area contributed by atoms with Crippen molar-refractivity contribution >= 4 is 29.2 Å². The molecular formula is C13H12Cl2O2. The number of carbonyl (C=O) groups is 1. The SMILES string of the molecule is O=C(O)[C@@H]1CC=CC[C@H]1c1ccc(Cl)cc1Cl. The van der Waals surface area contributed by atoms with E-state index < -0.39 is 11.9 Å². The highest BCUT2D eigenvalue weighted by atomic mass is 35.5. The fourth-order valence-electron chi connectivity index (χ4n) is 2.23. The van der Waals surface area contributed by atoms with E-state index in [9.17, 15) is 9.90 Å². The number of benzene rings is 1. The van der Waals surface area contributed by atoms with Gasteiger partial charge in [0.2, 0.25) is 0 Å². The predicted octanol–water partition coefficient (Wildman–Crippen LogP) is 4.13. The summed E-state index contributed by atoms with van der Waals surface area (Å²) in [5.74, 6) is -1.24. The number of halogens is 2. The molecule has 90 valence electrons. The number of hydrogen-bond acceptors (Lipinski definition) is 1. The molecule has 1 aliphatic rings. The Balaban J connectivity index is 2.37. The van der Waals surface area contributed by atoms with Crippen LogP contribution >= 0.6 is 23.2 Å². The molecule has 4 heteroatoms. The van der Waals surface area contributed by atoms with Crippen molar-refractivity contribution in [2.24, 2.45) is 5.92 Å². The van der Waals surface area contributed by atoms with Crippen LogP contribution < -0.4 is 0 Å². The van der Waals surface area contributed by atoms with Crippen molar-refractivity contribution in [2.75, 3.05) is 0 Å². The highest BCUT2D eigenvalue weighted by Crippen LogP contribution is 2.38. The zero-order chi connectivity index (χ0) is 12.4. The first-order valence-electron chi connectivity index (χ1n) is 5.42. The van der Waals surface area contributed by atoms with Gasteiger partial charge in [-0.2, -0.15) is 0 Å². The fourth-order valence-corrected chi connectivity index (χ4v) is 2.78. The second-order valence-corrected chi connectivity index (χ2v) is 5.00. The standard InChI is InChI=1S/C13H12Cl2O2/c14-8-5-6-10(12(15)7-8)9-3-1-2-4-11(9)13(16)17/h1-2,5-7,9,11H,3-4H2,(H,16,17)/t9-,11+/m0/s1. The van der Waals surface area contributed by atoms with E-state index in [1.807, 2.05) is 18.2 Å². The van der Waals surface area contributed by atoms with E-state index in [0.29, 0.717) is 22.9 Å². The van der Waals surface area contributed by atoms with E-state index in [0.717, 1.165) is 5.56 Å². The molecule has 0 heterocycles. The lowest BCUT2D eigenvalue weighted by Crippen LogP contribution is -2.23. The van der Waals surface area contributed by atoms with E-state index in [1.165, 1.54) is 0 Å². The van der Waals surface area contributed by atoms with Gasteiger partial charge in [-0.1, -0.05) is 41.4 Å². The summed E-state index contributed by atoms with van der Waals surface area (Å²) in [6.45, 7) is 0. The van der Waals surface area contributed by atoms with Crippen LogP contribution in [0.15, 0.2) is 30.4 Å². The molecule has 17 heavy (non-hydrogen) atoms. The van der Waals surface area contributed by atoms with Crippen LogP contribution in [-0.2, 0) is 4.79 Å². The van der Waals surface area contributed by atoms with Crippen LogP contribution in [0.5, 0.6) is 0 Å². The minimum absolute atomic E-state index is 0.0673. The number of carboxylic acids is 1. The van der Waals surface area contributed by atoms with Gasteiger partial charge in [0.25, 0.3) is 0 Å². The largest absolute Gasteiger partial charge is 0.481 e. The van der Waals surface area contributed by atoms with Crippen LogP contribution in [0.25, 0.3) is 0 Å². The van der Waals surface area contributed by atoms with Gasteiger partial charge in [-0.15, -0.1) is 0 Å². The first-order valence-corrected chi connectivity index (χ1v) is 6.18. The summed E-state index contributed by atoms with van der Waals surface area (Å²) in [6, 6.07) is 5.24. The molecule has 1 N–H and O–H groups in total. The van der Waals surface area contributed by atoms with Crippen molar-refractivity contribution in [3.63, 3.8) is 0 Å². The van der Waals surface area contributed by atoms with E-state index in [2.05, 4.69) is 0 Å². The predicted molar refractivity (Wildman–Crippen MR) is 68.7 cm³/mol. The molecule has 2 atom stereocenters. The Morgan fingerprint density at radius 3 is 2.59 bits per heavy atom. The van der Waals surface area contributed by atoms with Gasteiger partial charge in [-0.3, -0.25) is 4.79 Å². The van der Waals surface area contributed by atoms with Gasteiger partial charge >= 0.3 is 5.97 Å². The summed E-state index contributed by atoms with van der Waals surface area (Å²) in [5, 5.41) is 10.3. The third-order valence-electron chi connectivity index (χ3n) is 3.11. The second kappa shape index (κ2) is 5.11. The maximum absolute atomic E-state index is 11.2. The average molecular weight is 271 g/mol. The van der Waals surface area contributed by atoms with E-state index >= 15 is 0 Å². The Labute approximate surface area is 110 Å². The lowest BCUT2D eigenvalue weighted by atomic mass is 9.78. The molecule has 0 aliphatic heterocycles. The Morgan fingerprint density at radius 2 is 1.94 bits per heavy atom. The van der Waals surface area contributed by atoms with Crippen LogP contribution in [0, 0.1) is 5.92 Å². The number of rotatable bonds is 2. The minimum Gasteiger partial charge on any atom is -0.481 e. The molecule has 1 aliphatic carbocycles. The number of carboxylic acid groups (broad SMARTS) is 1. The van der Waals surface area contributed by atoms with Gasteiger partial charge in [-0.25, -0.2) is 0 Å². The molecule has 0 amide bonds. The van der Waals surface area contributed by atoms with Crippen LogP contribution in [0.1, 0.15) is 24.3 Å². The molecule has 0 aromatic heterocycles. The first kappa shape index (κ1) is 12.5. The van der Waals surface area contributed by atoms with Gasteiger partial charge in [0.1, 0.15) is 0 Å². The van der Waals surface area contributed by atoms with Gasteiger partial charge in [0.05, 0.1) is 5.92 Å². The molecule has 0 fully saturated rings. The van der Waals surface area contributed by atoms with E-state index in [4.69, 9.17) is 23.2 Å². The van der Waals surface area contributed by atoms with Crippen molar-refractivity contribution in [1.29, 1.82) is 0 Å². The molecule has 0 saturated heterocycles. The topological polar surface area (TPSA) is 37.3 Å². The average Bonchev–Trinajstić information content (AvgIpc) is 2.29. The molecule has 0 unspecified atom stereocenters. The van der Waals surface area contributed by atoms with Gasteiger partial charge in [-0.05, 0) is 30.5 Å². The Kier molecular flexibility index (Phi) is 3.75. The van der Waals surface area contributed by atoms with Crippen LogP contribution in [0.4, 0.5) is 0 Å². The molecule has 2 rings (SSSR count). The minimum atomic E-state index is -0.773. The van der Waals surface area contributed by atoms with Gasteiger partial charge in [0.15, 0.2) is 0 Å². The van der Waals surface area contributed by atoms with Crippen LogP contribution in [0.3, 0.4) is 0 Å². The van der Waals surface area contributed by atoms with Gasteiger partial charge in [0, 0.05) is 16.0 Å². The second-order valence-electron chi connectivity index (χ2n) is 4.16. The zero-order valence-corrected chi connectivity index (χ0v) is 10.6. The van der Waals surface area contributed by atoms with Crippen molar-refractivity contribution in [3.8, 4) is 0 Å². The molecule has 0 bridgehead atoms. The van der Waals surface area contributed by atoms with Gasteiger partial charge < -0.3 is 5.11 Å². The summed E-state index contributed by atoms with van der Waals surface area (Å²) in [5.41, 5.74) is 0.868. The molecule has 0 radical (unpaired) electrons. The highest BCUT2D eigenvalue weighted by molar-refractivity contribution is 6.35. The summed E-state index contributed by atoms with van der Waals surface area (Å²) < 4.78 is 0. The number of aliphatic carboxylic acids is 1. The van der Waals surface area contributed by atoms with Crippen LogP contribution in [-0.4, -0.2) is 11.1 Å². The molecule has 0 spiro atoms. The van der Waals surface area contributed by atoms with E-state index in [-0.39, 0.29) is 5.92 Å². The Hall–Kier alpha value is -0.990. The first-order chi connectivity index (χ1) is 8.09. The monoisotopic (exact) mass is 270 g/mol. The summed E-state index contributed by atoms with van der Waals surface area (Å²) in [6.07, 6.45) is 5.19. The summed E-state index contributed by atoms with van der Waals surface area (Å²) in [4.78, 5) is 11.2. The molecule has 0 saturated carbocycles. The van der Waals surface area contributed by atoms with Crippen molar-refractivity contribution in [2.45, 2.75) is 18.8 Å². The van der Waals surface area contributed by atoms with Crippen molar-refractivity contribution in [1.82, 2.24) is 0 Å². The van der Waals surface area contributed by atoms with Crippen molar-refractivity contribution < 1.29 is 9.90 Å². The lowest BCUT2D eigenvalue weighted by Gasteiger charge is -2.26. The maximum Gasteiger partial charge on any atom is 0.307 e. The Morgan fingerprint density at radius 1 is 1.24 bits per heavy atom. The maximum atomic E-state index is 11.2. The third-order valence-corrected chi connectivity index (χ3v) is 3.67. The number of hydrogen-bond donors (Lipinski definition) is 1. The lowest BCUT2D eigenvalue weighted by molar-refractivity contribution is -0.142. The normalized spacial score (nSPS) is 23.6. The number of allylic oxidation sites excluding steroid dienone is 2. The molecule has 1 aromatic rings. The zero-order valence-electron chi connectivity index (χ0n) is 9.07. The smallest absolute Gasteiger partial charge is 0.307 e.